The average molecular weight is 216 g/mol. The summed E-state index contributed by atoms with van der Waals surface area (Å²) in [6.07, 6.45) is 2.21. The number of anilines is 1. The van der Waals surface area contributed by atoms with Crippen LogP contribution in [0.4, 0.5) is 5.82 Å². The van der Waals surface area contributed by atoms with Crippen molar-refractivity contribution in [2.24, 2.45) is 5.92 Å². The van der Waals surface area contributed by atoms with Gasteiger partial charge in [0.15, 0.2) is 5.82 Å². The summed E-state index contributed by atoms with van der Waals surface area (Å²) in [4.78, 5) is 13.3. The first-order chi connectivity index (χ1) is 7.67. The van der Waals surface area contributed by atoms with E-state index in [0.717, 1.165) is 0 Å². The summed E-state index contributed by atoms with van der Waals surface area (Å²) in [5, 5.41) is 15.7. The molecule has 0 bridgehead atoms. The largest absolute Gasteiger partial charge is 0.294 e. The molecule has 0 saturated carbocycles. The number of aryl methyl sites for hydroxylation is 1. The number of aromatic nitrogens is 2. The molecule has 2 rings (SSSR count). The van der Waals surface area contributed by atoms with Gasteiger partial charge in [0.25, 0.3) is 0 Å². The molecule has 0 aromatic carbocycles. The highest BCUT2D eigenvalue weighted by Crippen LogP contribution is 2.27. The van der Waals surface area contributed by atoms with Gasteiger partial charge in [-0.15, -0.1) is 6.58 Å². The molecule has 1 aliphatic heterocycles. The van der Waals surface area contributed by atoms with Gasteiger partial charge in [0.1, 0.15) is 11.6 Å². The SMILES string of the molecule is C=CC1CC(=O)N(c2n[nH]c(C)c2C#N)C1. The van der Waals surface area contributed by atoms with E-state index in [2.05, 4.69) is 22.8 Å². The highest BCUT2D eigenvalue weighted by Gasteiger charge is 2.32. The van der Waals surface area contributed by atoms with E-state index in [1.807, 2.05) is 0 Å². The van der Waals surface area contributed by atoms with Crippen LogP contribution in [-0.4, -0.2) is 22.6 Å². The molecule has 2 heterocycles. The zero-order chi connectivity index (χ0) is 11.7. The number of amides is 1. The van der Waals surface area contributed by atoms with E-state index in [0.29, 0.717) is 30.0 Å². The van der Waals surface area contributed by atoms with Gasteiger partial charge in [-0.3, -0.25) is 14.8 Å². The molecule has 1 N–H and O–H groups in total. The van der Waals surface area contributed by atoms with Crippen molar-refractivity contribution in [1.82, 2.24) is 10.2 Å². The third kappa shape index (κ3) is 1.48. The molecule has 5 nitrogen and oxygen atoms in total. The number of hydrogen-bond donors (Lipinski definition) is 1. The van der Waals surface area contributed by atoms with E-state index in [1.165, 1.54) is 0 Å². The van der Waals surface area contributed by atoms with E-state index in [1.54, 1.807) is 17.9 Å². The molecule has 1 aliphatic rings. The van der Waals surface area contributed by atoms with Gasteiger partial charge in [0, 0.05) is 18.9 Å². The fourth-order valence-electron chi connectivity index (χ4n) is 1.84. The standard InChI is InChI=1S/C11H12N4O/c1-3-8-4-10(16)15(6-8)11-9(5-12)7(2)13-14-11/h3,8H,1,4,6H2,2H3,(H,13,14). The molecule has 1 aromatic rings. The van der Waals surface area contributed by atoms with Crippen molar-refractivity contribution in [2.75, 3.05) is 11.4 Å². The number of hydrogen-bond acceptors (Lipinski definition) is 3. The van der Waals surface area contributed by atoms with Crippen LogP contribution in [0.15, 0.2) is 12.7 Å². The molecule has 16 heavy (non-hydrogen) atoms. The first-order valence-electron chi connectivity index (χ1n) is 5.05. The van der Waals surface area contributed by atoms with Gasteiger partial charge in [0.05, 0.1) is 5.69 Å². The molecule has 1 aromatic heterocycles. The summed E-state index contributed by atoms with van der Waals surface area (Å²) >= 11 is 0. The number of nitrogens with zero attached hydrogens (tertiary/aromatic N) is 3. The molecule has 1 atom stereocenters. The second-order valence-electron chi connectivity index (χ2n) is 3.86. The van der Waals surface area contributed by atoms with Crippen molar-refractivity contribution >= 4 is 11.7 Å². The van der Waals surface area contributed by atoms with E-state index in [-0.39, 0.29) is 11.8 Å². The van der Waals surface area contributed by atoms with E-state index in [4.69, 9.17) is 5.26 Å². The first kappa shape index (κ1) is 10.4. The monoisotopic (exact) mass is 216 g/mol. The molecule has 1 amide bonds. The minimum absolute atomic E-state index is 0.00657. The van der Waals surface area contributed by atoms with Crippen molar-refractivity contribution < 1.29 is 4.79 Å². The predicted molar refractivity (Wildman–Crippen MR) is 58.7 cm³/mol. The maximum Gasteiger partial charge on any atom is 0.228 e. The Morgan fingerprint density at radius 1 is 1.75 bits per heavy atom. The van der Waals surface area contributed by atoms with Crippen molar-refractivity contribution in [3.05, 3.63) is 23.9 Å². The molecule has 82 valence electrons. The minimum Gasteiger partial charge on any atom is -0.294 e. The second kappa shape index (κ2) is 3.81. The Kier molecular flexibility index (Phi) is 2.49. The number of carbonyl (C=O) groups is 1. The zero-order valence-corrected chi connectivity index (χ0v) is 9.03. The highest BCUT2D eigenvalue weighted by atomic mass is 16.2. The molecule has 0 radical (unpaired) electrons. The number of H-pyrrole nitrogens is 1. The lowest BCUT2D eigenvalue weighted by Crippen LogP contribution is -2.25. The van der Waals surface area contributed by atoms with Gasteiger partial charge in [-0.2, -0.15) is 10.4 Å². The average Bonchev–Trinajstić information content (AvgIpc) is 2.81. The summed E-state index contributed by atoms with van der Waals surface area (Å²) < 4.78 is 0. The molecule has 1 unspecified atom stereocenters. The molecule has 0 aliphatic carbocycles. The molecule has 0 spiro atoms. The lowest BCUT2D eigenvalue weighted by Gasteiger charge is -2.12. The van der Waals surface area contributed by atoms with E-state index in [9.17, 15) is 4.79 Å². The maximum atomic E-state index is 11.7. The molecular formula is C11H12N4O. The van der Waals surface area contributed by atoms with Crippen LogP contribution in [-0.2, 0) is 4.79 Å². The Balaban J connectivity index is 2.35. The van der Waals surface area contributed by atoms with Crippen LogP contribution >= 0.6 is 0 Å². The van der Waals surface area contributed by atoms with E-state index < -0.39 is 0 Å². The maximum absolute atomic E-state index is 11.7. The van der Waals surface area contributed by atoms with E-state index >= 15 is 0 Å². The minimum atomic E-state index is -0.00657. The van der Waals surface area contributed by atoms with Crippen molar-refractivity contribution in [3.8, 4) is 6.07 Å². The van der Waals surface area contributed by atoms with Crippen molar-refractivity contribution in [3.63, 3.8) is 0 Å². The van der Waals surface area contributed by atoms with Crippen molar-refractivity contribution in [2.45, 2.75) is 13.3 Å². The Hall–Kier alpha value is -2.09. The topological polar surface area (TPSA) is 72.8 Å². The first-order valence-corrected chi connectivity index (χ1v) is 5.05. The van der Waals surface area contributed by atoms with Gasteiger partial charge >= 0.3 is 0 Å². The van der Waals surface area contributed by atoms with Gasteiger partial charge in [-0.1, -0.05) is 6.08 Å². The third-order valence-electron chi connectivity index (χ3n) is 2.78. The third-order valence-corrected chi connectivity index (χ3v) is 2.78. The Bertz CT molecular complexity index is 483. The van der Waals surface area contributed by atoms with Crippen LogP contribution in [0.5, 0.6) is 0 Å². The number of carbonyl (C=O) groups excluding carboxylic acids is 1. The van der Waals surface area contributed by atoms with Crippen molar-refractivity contribution in [1.29, 1.82) is 5.26 Å². The zero-order valence-electron chi connectivity index (χ0n) is 9.03. The summed E-state index contributed by atoms with van der Waals surface area (Å²) in [5.74, 6) is 0.582. The molecule has 1 fully saturated rings. The quantitative estimate of drug-likeness (QED) is 0.753. The molecular weight excluding hydrogens is 204 g/mol. The van der Waals surface area contributed by atoms with Crippen LogP contribution in [0, 0.1) is 24.2 Å². The summed E-state index contributed by atoms with van der Waals surface area (Å²) in [7, 11) is 0. The summed E-state index contributed by atoms with van der Waals surface area (Å²) in [6, 6.07) is 2.06. The lowest BCUT2D eigenvalue weighted by molar-refractivity contribution is -0.117. The van der Waals surface area contributed by atoms with Crippen LogP contribution < -0.4 is 4.90 Å². The van der Waals surface area contributed by atoms with Gasteiger partial charge in [0.2, 0.25) is 5.91 Å². The summed E-state index contributed by atoms with van der Waals surface area (Å²) in [6.45, 7) is 6.00. The Labute approximate surface area is 93.4 Å². The number of aromatic amines is 1. The summed E-state index contributed by atoms with van der Waals surface area (Å²) in [5.41, 5.74) is 1.13. The number of rotatable bonds is 2. The number of nitriles is 1. The number of nitrogens with one attached hydrogen (secondary N) is 1. The van der Waals surface area contributed by atoms with Crippen LogP contribution in [0.3, 0.4) is 0 Å². The van der Waals surface area contributed by atoms with Crippen LogP contribution in [0.2, 0.25) is 0 Å². The predicted octanol–water partition coefficient (Wildman–Crippen LogP) is 1.13. The molecule has 1 saturated heterocycles. The smallest absolute Gasteiger partial charge is 0.228 e. The van der Waals surface area contributed by atoms with Gasteiger partial charge in [-0.05, 0) is 6.92 Å². The normalized spacial score (nSPS) is 19.9. The highest BCUT2D eigenvalue weighted by molar-refractivity contribution is 5.96. The fraction of sp³-hybridized carbons (Fsp3) is 0.364. The van der Waals surface area contributed by atoms with Gasteiger partial charge < -0.3 is 0 Å². The lowest BCUT2D eigenvalue weighted by atomic mass is 10.1. The molecule has 5 heteroatoms. The fourth-order valence-corrected chi connectivity index (χ4v) is 1.84. The van der Waals surface area contributed by atoms with Crippen LogP contribution in [0.1, 0.15) is 17.7 Å². The van der Waals surface area contributed by atoms with Gasteiger partial charge in [-0.25, -0.2) is 0 Å². The Morgan fingerprint density at radius 3 is 3.06 bits per heavy atom. The van der Waals surface area contributed by atoms with Crippen LogP contribution in [0.25, 0.3) is 0 Å². The Morgan fingerprint density at radius 2 is 2.50 bits per heavy atom. The second-order valence-corrected chi connectivity index (χ2v) is 3.86.